The van der Waals surface area contributed by atoms with E-state index in [9.17, 15) is 0 Å². The zero-order valence-electron chi connectivity index (χ0n) is 11.3. The van der Waals surface area contributed by atoms with Crippen molar-refractivity contribution in [2.24, 2.45) is 0 Å². The van der Waals surface area contributed by atoms with Crippen LogP contribution in [-0.2, 0) is 0 Å². The van der Waals surface area contributed by atoms with Crippen LogP contribution in [0.5, 0.6) is 0 Å². The van der Waals surface area contributed by atoms with Crippen LogP contribution in [0.4, 0.5) is 5.82 Å². The first-order valence-electron chi connectivity index (χ1n) is 6.85. The van der Waals surface area contributed by atoms with Gasteiger partial charge in [-0.2, -0.15) is 5.26 Å². The molecule has 0 radical (unpaired) electrons. The van der Waals surface area contributed by atoms with Gasteiger partial charge in [0.05, 0.1) is 11.6 Å². The van der Waals surface area contributed by atoms with Gasteiger partial charge < -0.3 is 10.2 Å². The number of pyridine rings is 1. The molecule has 100 valence electrons. The third-order valence-corrected chi connectivity index (χ3v) is 3.98. The van der Waals surface area contributed by atoms with Crippen LogP contribution >= 0.6 is 0 Å². The van der Waals surface area contributed by atoms with Crippen molar-refractivity contribution in [2.45, 2.75) is 13.0 Å². The third kappa shape index (κ3) is 2.55. The Bertz CT molecular complexity index is 495. The highest BCUT2D eigenvalue weighted by atomic mass is 15.3. The molecule has 5 nitrogen and oxygen atoms in total. The average molecular weight is 257 g/mol. The van der Waals surface area contributed by atoms with Gasteiger partial charge in [-0.05, 0) is 19.1 Å². The standard InChI is InChI=1S/C14H19N5/c1-11-6-12(8-15)7-14(17-11)19-4-2-18(3-5-19)13-9-16-10-13/h6-7,13,16H,2-5,9-10H2,1H3. The van der Waals surface area contributed by atoms with Gasteiger partial charge in [-0.1, -0.05) is 0 Å². The summed E-state index contributed by atoms with van der Waals surface area (Å²) in [7, 11) is 0. The third-order valence-electron chi connectivity index (χ3n) is 3.98. The Hall–Kier alpha value is -1.64. The van der Waals surface area contributed by atoms with E-state index in [4.69, 9.17) is 5.26 Å². The van der Waals surface area contributed by atoms with Crippen LogP contribution < -0.4 is 10.2 Å². The van der Waals surface area contributed by atoms with Crippen LogP contribution in [-0.4, -0.2) is 55.2 Å². The highest BCUT2D eigenvalue weighted by Gasteiger charge is 2.28. The van der Waals surface area contributed by atoms with Gasteiger partial charge in [0, 0.05) is 51.0 Å². The van der Waals surface area contributed by atoms with E-state index in [0.29, 0.717) is 5.56 Å². The fourth-order valence-electron chi connectivity index (χ4n) is 2.73. The highest BCUT2D eigenvalue weighted by Crippen LogP contribution is 2.18. The monoisotopic (exact) mass is 257 g/mol. The second-order valence-electron chi connectivity index (χ2n) is 5.30. The molecule has 2 fully saturated rings. The van der Waals surface area contributed by atoms with Gasteiger partial charge in [-0.25, -0.2) is 4.98 Å². The first-order valence-corrected chi connectivity index (χ1v) is 6.85. The zero-order valence-corrected chi connectivity index (χ0v) is 11.3. The van der Waals surface area contributed by atoms with E-state index in [1.807, 2.05) is 19.1 Å². The van der Waals surface area contributed by atoms with Crippen LogP contribution in [0.1, 0.15) is 11.3 Å². The summed E-state index contributed by atoms with van der Waals surface area (Å²) in [5.74, 6) is 0.947. The Kier molecular flexibility index (Phi) is 3.36. The number of aromatic nitrogens is 1. The number of piperazine rings is 1. The zero-order chi connectivity index (χ0) is 13.2. The molecule has 0 atom stereocenters. The lowest BCUT2D eigenvalue weighted by molar-refractivity contribution is 0.137. The van der Waals surface area contributed by atoms with E-state index >= 15 is 0 Å². The summed E-state index contributed by atoms with van der Waals surface area (Å²) in [6.07, 6.45) is 0. The quantitative estimate of drug-likeness (QED) is 0.829. The van der Waals surface area contributed by atoms with Crippen molar-refractivity contribution >= 4 is 5.82 Å². The first kappa shape index (κ1) is 12.4. The van der Waals surface area contributed by atoms with Crippen molar-refractivity contribution in [3.05, 3.63) is 23.4 Å². The summed E-state index contributed by atoms with van der Waals surface area (Å²) in [4.78, 5) is 9.39. The lowest BCUT2D eigenvalue weighted by Crippen LogP contribution is -2.61. The van der Waals surface area contributed by atoms with Crippen molar-refractivity contribution < 1.29 is 0 Å². The van der Waals surface area contributed by atoms with E-state index in [2.05, 4.69) is 26.2 Å². The van der Waals surface area contributed by atoms with Crippen molar-refractivity contribution in [3.8, 4) is 6.07 Å². The van der Waals surface area contributed by atoms with Crippen molar-refractivity contribution in [1.82, 2.24) is 15.2 Å². The van der Waals surface area contributed by atoms with Gasteiger partial charge in [0.15, 0.2) is 0 Å². The van der Waals surface area contributed by atoms with Gasteiger partial charge in [0.2, 0.25) is 0 Å². The summed E-state index contributed by atoms with van der Waals surface area (Å²) in [5.41, 5.74) is 1.62. The van der Waals surface area contributed by atoms with E-state index < -0.39 is 0 Å². The molecule has 0 saturated carbocycles. The number of rotatable bonds is 2. The molecule has 2 saturated heterocycles. The molecule has 1 N–H and O–H groups in total. The Morgan fingerprint density at radius 1 is 1.26 bits per heavy atom. The minimum Gasteiger partial charge on any atom is -0.354 e. The second kappa shape index (κ2) is 5.16. The van der Waals surface area contributed by atoms with E-state index in [1.165, 1.54) is 0 Å². The summed E-state index contributed by atoms with van der Waals surface area (Å²) < 4.78 is 0. The molecule has 0 aromatic carbocycles. The van der Waals surface area contributed by atoms with Gasteiger partial charge >= 0.3 is 0 Å². The molecule has 19 heavy (non-hydrogen) atoms. The van der Waals surface area contributed by atoms with Gasteiger partial charge in [-0.15, -0.1) is 0 Å². The predicted octanol–water partition coefficient (Wildman–Crippen LogP) is 0.355. The van der Waals surface area contributed by atoms with Crippen molar-refractivity contribution in [3.63, 3.8) is 0 Å². The summed E-state index contributed by atoms with van der Waals surface area (Å²) in [6, 6.07) is 6.66. The van der Waals surface area contributed by atoms with Crippen LogP contribution in [0.3, 0.4) is 0 Å². The average Bonchev–Trinajstić information content (AvgIpc) is 2.37. The van der Waals surface area contributed by atoms with Gasteiger partial charge in [0.25, 0.3) is 0 Å². The van der Waals surface area contributed by atoms with Crippen LogP contribution in [0.2, 0.25) is 0 Å². The Morgan fingerprint density at radius 3 is 2.58 bits per heavy atom. The molecule has 0 amide bonds. The maximum atomic E-state index is 9.03. The molecule has 3 heterocycles. The summed E-state index contributed by atoms with van der Waals surface area (Å²) >= 11 is 0. The molecule has 0 spiro atoms. The summed E-state index contributed by atoms with van der Waals surface area (Å²) in [6.45, 7) is 8.37. The van der Waals surface area contributed by atoms with Crippen molar-refractivity contribution in [1.29, 1.82) is 5.26 Å². The lowest BCUT2D eigenvalue weighted by atomic mass is 10.1. The number of hydrogen-bond donors (Lipinski definition) is 1. The molecule has 0 bridgehead atoms. The number of nitrogens with one attached hydrogen (secondary N) is 1. The Morgan fingerprint density at radius 2 is 2.00 bits per heavy atom. The van der Waals surface area contributed by atoms with Crippen LogP contribution in [0.15, 0.2) is 12.1 Å². The van der Waals surface area contributed by atoms with E-state index in [1.54, 1.807) is 0 Å². The topological polar surface area (TPSA) is 55.2 Å². The van der Waals surface area contributed by atoms with Crippen molar-refractivity contribution in [2.75, 3.05) is 44.2 Å². The molecule has 0 aliphatic carbocycles. The van der Waals surface area contributed by atoms with E-state index in [-0.39, 0.29) is 0 Å². The number of aryl methyl sites for hydroxylation is 1. The van der Waals surface area contributed by atoms with Crippen LogP contribution in [0.25, 0.3) is 0 Å². The number of hydrogen-bond acceptors (Lipinski definition) is 5. The smallest absolute Gasteiger partial charge is 0.130 e. The molecule has 2 aliphatic heterocycles. The molecule has 3 rings (SSSR count). The molecule has 5 heteroatoms. The first-order chi connectivity index (χ1) is 9.26. The van der Waals surface area contributed by atoms with E-state index in [0.717, 1.165) is 56.8 Å². The van der Waals surface area contributed by atoms with Crippen LogP contribution in [0, 0.1) is 18.3 Å². The fourth-order valence-corrected chi connectivity index (χ4v) is 2.73. The normalized spacial score (nSPS) is 20.9. The lowest BCUT2D eigenvalue weighted by Gasteiger charge is -2.43. The minimum atomic E-state index is 0.702. The highest BCUT2D eigenvalue weighted by molar-refractivity contribution is 5.47. The van der Waals surface area contributed by atoms with Gasteiger partial charge in [-0.3, -0.25) is 4.90 Å². The SMILES string of the molecule is Cc1cc(C#N)cc(N2CCN(C3CNC3)CC2)n1. The molecule has 0 unspecified atom stereocenters. The summed E-state index contributed by atoms with van der Waals surface area (Å²) in [5, 5.41) is 12.3. The Labute approximate surface area is 113 Å². The Balaban J connectivity index is 1.67. The maximum absolute atomic E-state index is 9.03. The molecular formula is C14H19N5. The fraction of sp³-hybridized carbons (Fsp3) is 0.571. The number of nitrogens with zero attached hydrogens (tertiary/aromatic N) is 4. The molecule has 1 aromatic heterocycles. The second-order valence-corrected chi connectivity index (χ2v) is 5.30. The largest absolute Gasteiger partial charge is 0.354 e. The maximum Gasteiger partial charge on any atom is 0.130 e. The minimum absolute atomic E-state index is 0.702. The number of anilines is 1. The molecular weight excluding hydrogens is 238 g/mol. The predicted molar refractivity (Wildman–Crippen MR) is 74.1 cm³/mol. The molecule has 2 aliphatic rings. The van der Waals surface area contributed by atoms with Gasteiger partial charge in [0.1, 0.15) is 5.82 Å². The number of nitriles is 1. The molecule has 1 aromatic rings.